The standard InChI is InChI=1S/C14H12ClF2NO/c1-19-11-7-2-4-8(13(11)17)14(18)12-9(15)5-3-6-10(12)16/h2-7,14H,18H2,1H3. The van der Waals surface area contributed by atoms with E-state index in [-0.39, 0.29) is 21.9 Å². The molecule has 0 bridgehead atoms. The first-order valence-corrected chi connectivity index (χ1v) is 5.96. The van der Waals surface area contributed by atoms with E-state index >= 15 is 0 Å². The Labute approximate surface area is 114 Å². The number of hydrogen-bond donors (Lipinski definition) is 1. The van der Waals surface area contributed by atoms with Crippen molar-refractivity contribution in [1.82, 2.24) is 0 Å². The fourth-order valence-electron chi connectivity index (χ4n) is 1.89. The Kier molecular flexibility index (Phi) is 4.02. The van der Waals surface area contributed by atoms with Gasteiger partial charge in [0.15, 0.2) is 11.6 Å². The predicted molar refractivity (Wildman–Crippen MR) is 70.4 cm³/mol. The summed E-state index contributed by atoms with van der Waals surface area (Å²) >= 11 is 5.93. The van der Waals surface area contributed by atoms with E-state index in [2.05, 4.69) is 0 Å². The van der Waals surface area contributed by atoms with Crippen LogP contribution in [0.4, 0.5) is 8.78 Å². The van der Waals surface area contributed by atoms with Crippen LogP contribution in [-0.4, -0.2) is 7.11 Å². The number of methoxy groups -OCH3 is 1. The zero-order valence-corrected chi connectivity index (χ0v) is 10.9. The van der Waals surface area contributed by atoms with E-state index in [0.29, 0.717) is 0 Å². The summed E-state index contributed by atoms with van der Waals surface area (Å²) in [6, 6.07) is 7.75. The van der Waals surface area contributed by atoms with Gasteiger partial charge in [-0.3, -0.25) is 0 Å². The van der Waals surface area contributed by atoms with Gasteiger partial charge in [0.2, 0.25) is 0 Å². The van der Waals surface area contributed by atoms with Crippen LogP contribution in [0.3, 0.4) is 0 Å². The number of nitrogens with two attached hydrogens (primary N) is 1. The monoisotopic (exact) mass is 283 g/mol. The Bertz CT molecular complexity index is 584. The molecule has 0 aliphatic rings. The number of halogens is 3. The van der Waals surface area contributed by atoms with E-state index in [9.17, 15) is 8.78 Å². The molecule has 19 heavy (non-hydrogen) atoms. The molecule has 1 atom stereocenters. The van der Waals surface area contributed by atoms with Gasteiger partial charge < -0.3 is 10.5 Å². The van der Waals surface area contributed by atoms with Crippen LogP contribution in [0.5, 0.6) is 5.75 Å². The second-order valence-corrected chi connectivity index (χ2v) is 4.38. The molecule has 2 rings (SSSR count). The lowest BCUT2D eigenvalue weighted by Gasteiger charge is -2.17. The molecule has 2 aromatic carbocycles. The van der Waals surface area contributed by atoms with Crippen LogP contribution in [0.1, 0.15) is 17.2 Å². The Morgan fingerprint density at radius 3 is 2.47 bits per heavy atom. The van der Waals surface area contributed by atoms with Gasteiger partial charge in [0.25, 0.3) is 0 Å². The highest BCUT2D eigenvalue weighted by Crippen LogP contribution is 2.32. The summed E-state index contributed by atoms with van der Waals surface area (Å²) in [6.07, 6.45) is 0. The summed E-state index contributed by atoms with van der Waals surface area (Å²) in [5, 5.41) is 0.162. The lowest BCUT2D eigenvalue weighted by Crippen LogP contribution is -2.16. The van der Waals surface area contributed by atoms with E-state index in [1.54, 1.807) is 6.07 Å². The maximum absolute atomic E-state index is 14.1. The van der Waals surface area contributed by atoms with Crippen molar-refractivity contribution in [3.63, 3.8) is 0 Å². The molecule has 0 saturated carbocycles. The molecule has 0 fully saturated rings. The average Bonchev–Trinajstić information content (AvgIpc) is 2.38. The molecule has 0 aromatic heterocycles. The molecule has 1 unspecified atom stereocenters. The van der Waals surface area contributed by atoms with Crippen molar-refractivity contribution in [2.75, 3.05) is 7.11 Å². The van der Waals surface area contributed by atoms with Crippen molar-refractivity contribution in [3.05, 3.63) is 64.2 Å². The highest BCUT2D eigenvalue weighted by molar-refractivity contribution is 6.31. The highest BCUT2D eigenvalue weighted by Gasteiger charge is 2.21. The fourth-order valence-corrected chi connectivity index (χ4v) is 2.17. The van der Waals surface area contributed by atoms with Crippen molar-refractivity contribution < 1.29 is 13.5 Å². The Morgan fingerprint density at radius 1 is 1.16 bits per heavy atom. The van der Waals surface area contributed by atoms with Crippen LogP contribution < -0.4 is 10.5 Å². The molecule has 0 radical (unpaired) electrons. The number of rotatable bonds is 3. The van der Waals surface area contributed by atoms with Gasteiger partial charge in [0.05, 0.1) is 13.2 Å². The van der Waals surface area contributed by atoms with Crippen molar-refractivity contribution in [2.45, 2.75) is 6.04 Å². The van der Waals surface area contributed by atoms with Crippen LogP contribution in [0.2, 0.25) is 5.02 Å². The van der Waals surface area contributed by atoms with E-state index in [1.807, 2.05) is 0 Å². The molecule has 100 valence electrons. The Hall–Kier alpha value is -1.65. The summed E-state index contributed by atoms with van der Waals surface area (Å²) in [7, 11) is 1.35. The zero-order chi connectivity index (χ0) is 14.0. The normalized spacial score (nSPS) is 12.3. The minimum Gasteiger partial charge on any atom is -0.494 e. The van der Waals surface area contributed by atoms with Crippen molar-refractivity contribution in [1.29, 1.82) is 0 Å². The molecule has 0 spiro atoms. The topological polar surface area (TPSA) is 35.2 Å². The predicted octanol–water partition coefficient (Wildman–Crippen LogP) is 3.67. The number of hydrogen-bond acceptors (Lipinski definition) is 2. The van der Waals surface area contributed by atoms with Crippen LogP contribution in [-0.2, 0) is 0 Å². The van der Waals surface area contributed by atoms with Gasteiger partial charge in [-0.2, -0.15) is 0 Å². The minimum atomic E-state index is -0.996. The highest BCUT2D eigenvalue weighted by atomic mass is 35.5. The van der Waals surface area contributed by atoms with Crippen LogP contribution >= 0.6 is 11.6 Å². The average molecular weight is 284 g/mol. The van der Waals surface area contributed by atoms with Crippen LogP contribution in [0, 0.1) is 11.6 Å². The van der Waals surface area contributed by atoms with Crippen LogP contribution in [0.25, 0.3) is 0 Å². The zero-order valence-electron chi connectivity index (χ0n) is 10.2. The summed E-state index contributed by atoms with van der Waals surface area (Å²) in [5.41, 5.74) is 6.12. The first-order chi connectivity index (χ1) is 9.06. The van der Waals surface area contributed by atoms with Gasteiger partial charge in [-0.1, -0.05) is 29.8 Å². The Balaban J connectivity index is 2.53. The van der Waals surface area contributed by atoms with Crippen molar-refractivity contribution in [3.8, 4) is 5.75 Å². The lowest BCUT2D eigenvalue weighted by molar-refractivity contribution is 0.383. The summed E-state index contributed by atoms with van der Waals surface area (Å²) in [5.74, 6) is -1.13. The van der Waals surface area contributed by atoms with Crippen LogP contribution in [0.15, 0.2) is 36.4 Å². The minimum absolute atomic E-state index is 0.0559. The quantitative estimate of drug-likeness (QED) is 0.933. The summed E-state index contributed by atoms with van der Waals surface area (Å²) < 4.78 is 32.8. The van der Waals surface area contributed by atoms with Gasteiger partial charge in [0, 0.05) is 16.1 Å². The van der Waals surface area contributed by atoms with E-state index < -0.39 is 17.7 Å². The molecule has 0 heterocycles. The molecule has 2 aromatic rings. The molecule has 5 heteroatoms. The molecule has 0 aliphatic carbocycles. The first-order valence-electron chi connectivity index (χ1n) is 5.58. The molecular weight excluding hydrogens is 272 g/mol. The van der Waals surface area contributed by atoms with Crippen molar-refractivity contribution in [2.24, 2.45) is 5.73 Å². The fraction of sp³-hybridized carbons (Fsp3) is 0.143. The summed E-state index contributed by atoms with van der Waals surface area (Å²) in [6.45, 7) is 0. The molecule has 0 saturated heterocycles. The maximum Gasteiger partial charge on any atom is 0.170 e. The largest absolute Gasteiger partial charge is 0.494 e. The van der Waals surface area contributed by atoms with E-state index in [0.717, 1.165) is 0 Å². The second-order valence-electron chi connectivity index (χ2n) is 3.98. The SMILES string of the molecule is COc1cccc(C(N)c2c(F)cccc2Cl)c1F. The lowest BCUT2D eigenvalue weighted by atomic mass is 9.98. The van der Waals surface area contributed by atoms with Gasteiger partial charge in [-0.05, 0) is 18.2 Å². The molecule has 2 nitrogen and oxygen atoms in total. The third-order valence-corrected chi connectivity index (χ3v) is 3.19. The first kappa shape index (κ1) is 13.8. The molecular formula is C14H12ClF2NO. The van der Waals surface area contributed by atoms with Gasteiger partial charge in [0.1, 0.15) is 5.82 Å². The van der Waals surface area contributed by atoms with Gasteiger partial charge >= 0.3 is 0 Å². The third kappa shape index (κ3) is 2.55. The maximum atomic E-state index is 14.1. The number of benzene rings is 2. The number of ether oxygens (including phenoxy) is 1. The molecule has 2 N–H and O–H groups in total. The second kappa shape index (κ2) is 5.55. The van der Waals surface area contributed by atoms with Gasteiger partial charge in [-0.15, -0.1) is 0 Å². The van der Waals surface area contributed by atoms with Gasteiger partial charge in [-0.25, -0.2) is 8.78 Å². The summed E-state index contributed by atoms with van der Waals surface area (Å²) in [4.78, 5) is 0. The molecule has 0 amide bonds. The third-order valence-electron chi connectivity index (χ3n) is 2.86. The van der Waals surface area contributed by atoms with E-state index in [4.69, 9.17) is 22.1 Å². The van der Waals surface area contributed by atoms with E-state index in [1.165, 1.54) is 37.4 Å². The smallest absolute Gasteiger partial charge is 0.170 e. The molecule has 0 aliphatic heterocycles. The van der Waals surface area contributed by atoms with Crippen molar-refractivity contribution >= 4 is 11.6 Å². The Morgan fingerprint density at radius 2 is 1.84 bits per heavy atom.